The number of fused-ring (bicyclic) bond motifs is 1. The van der Waals surface area contributed by atoms with Crippen molar-refractivity contribution in [3.05, 3.63) is 63.4 Å². The molecule has 1 amide bonds. The van der Waals surface area contributed by atoms with Crippen LogP contribution in [0.25, 0.3) is 0 Å². The minimum Gasteiger partial charge on any atom is -0.489 e. The molecular weight excluding hydrogens is 404 g/mol. The predicted octanol–water partition coefficient (Wildman–Crippen LogP) is 4.54. The number of aryl methyl sites for hydroxylation is 2. The molecule has 1 aromatic carbocycles. The van der Waals surface area contributed by atoms with Gasteiger partial charge in [-0.15, -0.1) is 11.3 Å². The van der Waals surface area contributed by atoms with Crippen molar-refractivity contribution >= 4 is 28.2 Å². The van der Waals surface area contributed by atoms with E-state index in [9.17, 15) is 9.59 Å². The molecule has 1 N–H and O–H groups in total. The quantitative estimate of drug-likeness (QED) is 0.582. The molecule has 1 aliphatic rings. The number of anilines is 1. The Balaban J connectivity index is 1.58. The van der Waals surface area contributed by atoms with Gasteiger partial charge in [-0.05, 0) is 50.3 Å². The van der Waals surface area contributed by atoms with E-state index in [1.165, 1.54) is 18.4 Å². The lowest BCUT2D eigenvalue weighted by molar-refractivity contribution is 0.0601. The van der Waals surface area contributed by atoms with Crippen LogP contribution in [0.2, 0.25) is 0 Å². The molecule has 4 rings (SSSR count). The van der Waals surface area contributed by atoms with E-state index in [1.54, 1.807) is 6.92 Å². The first-order valence-electron chi connectivity index (χ1n) is 9.75. The highest BCUT2D eigenvalue weighted by Crippen LogP contribution is 2.38. The van der Waals surface area contributed by atoms with E-state index in [0.29, 0.717) is 27.6 Å². The van der Waals surface area contributed by atoms with Gasteiger partial charge in [0.05, 0.1) is 18.2 Å². The number of nitrogens with zero attached hydrogens (tertiary/aromatic N) is 1. The van der Waals surface area contributed by atoms with Gasteiger partial charge in [-0.3, -0.25) is 4.79 Å². The molecule has 156 valence electrons. The van der Waals surface area contributed by atoms with Crippen molar-refractivity contribution in [1.29, 1.82) is 0 Å². The van der Waals surface area contributed by atoms with Crippen LogP contribution in [0.5, 0.6) is 5.75 Å². The van der Waals surface area contributed by atoms with Crippen LogP contribution in [-0.2, 0) is 24.2 Å². The van der Waals surface area contributed by atoms with Crippen LogP contribution in [0.3, 0.4) is 0 Å². The maximum Gasteiger partial charge on any atom is 0.341 e. The van der Waals surface area contributed by atoms with Gasteiger partial charge in [-0.25, -0.2) is 4.79 Å². The number of para-hydroxylation sites is 1. The highest BCUT2D eigenvalue weighted by atomic mass is 32.1. The third kappa shape index (κ3) is 3.95. The monoisotopic (exact) mass is 426 g/mol. The summed E-state index contributed by atoms with van der Waals surface area (Å²) in [6.45, 7) is 1.88. The molecule has 0 saturated heterocycles. The van der Waals surface area contributed by atoms with Crippen molar-refractivity contribution in [2.75, 3.05) is 12.4 Å². The summed E-state index contributed by atoms with van der Waals surface area (Å²) in [4.78, 5) is 26.5. The Hall–Kier alpha value is -3.13. The number of rotatable bonds is 6. The fourth-order valence-electron chi connectivity index (χ4n) is 3.55. The Morgan fingerprint density at radius 2 is 1.97 bits per heavy atom. The van der Waals surface area contributed by atoms with E-state index >= 15 is 0 Å². The first-order valence-corrected chi connectivity index (χ1v) is 10.6. The number of aromatic nitrogens is 1. The number of hydrogen-bond donors (Lipinski definition) is 1. The molecule has 2 heterocycles. The number of amides is 1. The summed E-state index contributed by atoms with van der Waals surface area (Å²) in [6, 6.07) is 9.31. The van der Waals surface area contributed by atoms with Crippen LogP contribution < -0.4 is 10.1 Å². The summed E-state index contributed by atoms with van der Waals surface area (Å²) in [5.41, 5.74) is 2.15. The number of nitrogens with one attached hydrogen (secondary N) is 1. The standard InChI is InChI=1S/C22H22N2O5S/c1-13-16(12-28-14-8-4-3-5-9-14)19(24-29-13)20(25)23-21-18(22(26)27-2)15-10-6-7-11-17(15)30-21/h3-5,8-9H,6-7,10-12H2,1-2H3,(H,23,25). The SMILES string of the molecule is COC(=O)c1c(NC(=O)c2noc(C)c2COc2ccccc2)sc2c1CCCC2. The molecule has 30 heavy (non-hydrogen) atoms. The number of benzene rings is 1. The molecule has 7 nitrogen and oxygen atoms in total. The molecule has 0 spiro atoms. The molecule has 0 atom stereocenters. The lowest BCUT2D eigenvalue weighted by Gasteiger charge is -2.11. The average molecular weight is 426 g/mol. The number of esters is 1. The number of carbonyl (C=O) groups excluding carboxylic acids is 2. The van der Waals surface area contributed by atoms with Gasteiger partial charge in [0.25, 0.3) is 5.91 Å². The van der Waals surface area contributed by atoms with Crippen LogP contribution in [0, 0.1) is 6.92 Å². The summed E-state index contributed by atoms with van der Waals surface area (Å²) in [6.07, 6.45) is 3.81. The molecule has 0 saturated carbocycles. The van der Waals surface area contributed by atoms with Gasteiger partial charge in [0.2, 0.25) is 0 Å². The van der Waals surface area contributed by atoms with Gasteiger partial charge >= 0.3 is 5.97 Å². The molecule has 0 unspecified atom stereocenters. The largest absolute Gasteiger partial charge is 0.489 e. The van der Waals surface area contributed by atoms with Crippen molar-refractivity contribution in [3.63, 3.8) is 0 Å². The number of ether oxygens (including phenoxy) is 2. The maximum absolute atomic E-state index is 13.0. The summed E-state index contributed by atoms with van der Waals surface area (Å²) in [7, 11) is 1.35. The zero-order valence-electron chi connectivity index (χ0n) is 16.8. The fourth-order valence-corrected chi connectivity index (χ4v) is 4.82. The Kier molecular flexibility index (Phi) is 5.85. The summed E-state index contributed by atoms with van der Waals surface area (Å²) < 4.78 is 16.0. The van der Waals surface area contributed by atoms with Gasteiger partial charge in [0, 0.05) is 4.88 Å². The van der Waals surface area contributed by atoms with Gasteiger partial charge in [-0.1, -0.05) is 23.4 Å². The lowest BCUT2D eigenvalue weighted by atomic mass is 9.95. The van der Waals surface area contributed by atoms with Crippen molar-refractivity contribution in [3.8, 4) is 5.75 Å². The van der Waals surface area contributed by atoms with E-state index in [0.717, 1.165) is 36.1 Å². The Morgan fingerprint density at radius 3 is 2.73 bits per heavy atom. The van der Waals surface area contributed by atoms with Crippen molar-refractivity contribution in [2.45, 2.75) is 39.2 Å². The summed E-state index contributed by atoms with van der Waals surface area (Å²) in [5.74, 6) is 0.314. The number of methoxy groups -OCH3 is 1. The van der Waals surface area contributed by atoms with Crippen LogP contribution >= 0.6 is 11.3 Å². The van der Waals surface area contributed by atoms with Gasteiger partial charge in [0.15, 0.2) is 5.69 Å². The van der Waals surface area contributed by atoms with Gasteiger partial charge < -0.3 is 19.3 Å². The molecule has 0 fully saturated rings. The summed E-state index contributed by atoms with van der Waals surface area (Å²) in [5, 5.41) is 7.27. The second-order valence-electron chi connectivity index (χ2n) is 7.03. The van der Waals surface area contributed by atoms with Crippen molar-refractivity contribution in [2.24, 2.45) is 0 Å². The van der Waals surface area contributed by atoms with E-state index < -0.39 is 11.9 Å². The van der Waals surface area contributed by atoms with Gasteiger partial charge in [-0.2, -0.15) is 0 Å². The van der Waals surface area contributed by atoms with E-state index in [1.807, 2.05) is 30.3 Å². The normalized spacial score (nSPS) is 12.9. The molecular formula is C22H22N2O5S. The highest BCUT2D eigenvalue weighted by molar-refractivity contribution is 7.17. The molecule has 3 aromatic rings. The highest BCUT2D eigenvalue weighted by Gasteiger charge is 2.28. The second kappa shape index (κ2) is 8.71. The molecule has 0 radical (unpaired) electrons. The Morgan fingerprint density at radius 1 is 1.20 bits per heavy atom. The smallest absolute Gasteiger partial charge is 0.341 e. The maximum atomic E-state index is 13.0. The Labute approximate surface area is 178 Å². The van der Waals surface area contributed by atoms with E-state index in [4.69, 9.17) is 14.0 Å². The molecule has 8 heteroatoms. The van der Waals surface area contributed by atoms with Crippen molar-refractivity contribution in [1.82, 2.24) is 5.16 Å². The summed E-state index contributed by atoms with van der Waals surface area (Å²) >= 11 is 1.43. The molecule has 1 aliphatic carbocycles. The van der Waals surface area contributed by atoms with Crippen molar-refractivity contribution < 1.29 is 23.6 Å². The third-order valence-electron chi connectivity index (χ3n) is 5.11. The third-order valence-corrected chi connectivity index (χ3v) is 6.32. The van der Waals surface area contributed by atoms with Gasteiger partial charge in [0.1, 0.15) is 23.1 Å². The molecule has 2 aromatic heterocycles. The van der Waals surface area contributed by atoms with Crippen LogP contribution in [0.4, 0.5) is 5.00 Å². The number of carbonyl (C=O) groups is 2. The Bertz CT molecular complexity index is 1070. The second-order valence-corrected chi connectivity index (χ2v) is 8.13. The van der Waals surface area contributed by atoms with Crippen LogP contribution in [0.1, 0.15) is 55.5 Å². The fraction of sp³-hybridized carbons (Fsp3) is 0.318. The van der Waals surface area contributed by atoms with Crippen LogP contribution in [0.15, 0.2) is 34.9 Å². The lowest BCUT2D eigenvalue weighted by Crippen LogP contribution is -2.17. The van der Waals surface area contributed by atoms with E-state index in [-0.39, 0.29) is 12.3 Å². The first-order chi connectivity index (χ1) is 14.6. The van der Waals surface area contributed by atoms with E-state index in [2.05, 4.69) is 10.5 Å². The number of hydrogen-bond acceptors (Lipinski definition) is 7. The predicted molar refractivity (Wildman–Crippen MR) is 112 cm³/mol. The minimum absolute atomic E-state index is 0.144. The topological polar surface area (TPSA) is 90.7 Å². The minimum atomic E-state index is -0.442. The first kappa shape index (κ1) is 20.2. The zero-order valence-corrected chi connectivity index (χ0v) is 17.6. The number of thiophene rings is 1. The molecule has 0 bridgehead atoms. The van der Waals surface area contributed by atoms with Crippen LogP contribution in [-0.4, -0.2) is 24.1 Å². The molecule has 0 aliphatic heterocycles. The average Bonchev–Trinajstić information content (AvgIpc) is 3.32. The zero-order chi connectivity index (χ0) is 21.1.